The molecular formula is C17H12FN5O2. The van der Waals surface area contributed by atoms with Crippen molar-refractivity contribution in [1.29, 1.82) is 0 Å². The first-order valence-electron chi connectivity index (χ1n) is 7.44. The van der Waals surface area contributed by atoms with E-state index in [0.29, 0.717) is 22.6 Å². The van der Waals surface area contributed by atoms with Crippen LogP contribution in [-0.2, 0) is 0 Å². The predicted octanol–water partition coefficient (Wildman–Crippen LogP) is 2.73. The van der Waals surface area contributed by atoms with Crippen LogP contribution in [0.3, 0.4) is 0 Å². The van der Waals surface area contributed by atoms with Crippen LogP contribution in [0.1, 0.15) is 5.69 Å². The van der Waals surface area contributed by atoms with Gasteiger partial charge in [0.25, 0.3) is 5.89 Å². The number of benzene rings is 1. The van der Waals surface area contributed by atoms with Crippen LogP contribution in [0.15, 0.2) is 58.2 Å². The van der Waals surface area contributed by atoms with Crippen LogP contribution >= 0.6 is 0 Å². The Morgan fingerprint density at radius 3 is 2.84 bits per heavy atom. The summed E-state index contributed by atoms with van der Waals surface area (Å²) in [5.41, 5.74) is 2.30. The smallest absolute Gasteiger partial charge is 0.330 e. The highest BCUT2D eigenvalue weighted by molar-refractivity contribution is 5.61. The van der Waals surface area contributed by atoms with E-state index in [0.717, 1.165) is 11.9 Å². The first-order valence-corrected chi connectivity index (χ1v) is 7.44. The van der Waals surface area contributed by atoms with E-state index in [1.54, 1.807) is 29.0 Å². The fourth-order valence-electron chi connectivity index (χ4n) is 2.55. The zero-order chi connectivity index (χ0) is 17.4. The highest BCUT2D eigenvalue weighted by Crippen LogP contribution is 2.23. The van der Waals surface area contributed by atoms with E-state index in [-0.39, 0.29) is 11.6 Å². The predicted molar refractivity (Wildman–Crippen MR) is 87.6 cm³/mol. The first-order chi connectivity index (χ1) is 12.1. The minimum Gasteiger partial charge on any atom is -0.334 e. The van der Waals surface area contributed by atoms with Crippen LogP contribution in [0.4, 0.5) is 4.39 Å². The lowest BCUT2D eigenvalue weighted by Crippen LogP contribution is -2.15. The quantitative estimate of drug-likeness (QED) is 0.621. The second-order valence-electron chi connectivity index (χ2n) is 5.44. The number of nitrogens with zero attached hydrogens (tertiary/aromatic N) is 4. The van der Waals surface area contributed by atoms with E-state index in [1.165, 1.54) is 12.3 Å². The summed E-state index contributed by atoms with van der Waals surface area (Å²) in [5.74, 6) is 0.0197. The Morgan fingerprint density at radius 1 is 1.20 bits per heavy atom. The van der Waals surface area contributed by atoms with Gasteiger partial charge >= 0.3 is 5.69 Å². The van der Waals surface area contributed by atoms with Crippen molar-refractivity contribution in [2.24, 2.45) is 0 Å². The van der Waals surface area contributed by atoms with Crippen molar-refractivity contribution < 1.29 is 8.91 Å². The molecule has 0 atom stereocenters. The second kappa shape index (κ2) is 5.82. The molecule has 3 heterocycles. The maximum absolute atomic E-state index is 13.3. The summed E-state index contributed by atoms with van der Waals surface area (Å²) >= 11 is 0. The lowest BCUT2D eigenvalue weighted by Gasteiger charge is -2.05. The molecule has 124 valence electrons. The topological polar surface area (TPSA) is 89.6 Å². The fourth-order valence-corrected chi connectivity index (χ4v) is 2.55. The number of pyridine rings is 1. The molecule has 0 spiro atoms. The molecular weight excluding hydrogens is 325 g/mol. The van der Waals surface area contributed by atoms with Gasteiger partial charge in [-0.2, -0.15) is 4.98 Å². The molecule has 0 saturated heterocycles. The molecule has 7 nitrogen and oxygen atoms in total. The number of aryl methyl sites for hydroxylation is 1. The number of H-pyrrole nitrogens is 1. The zero-order valence-corrected chi connectivity index (χ0v) is 13.1. The molecule has 3 aromatic heterocycles. The normalized spacial score (nSPS) is 11.0. The number of hydrogen-bond donors (Lipinski definition) is 1. The number of nitrogens with one attached hydrogen (secondary N) is 1. The lowest BCUT2D eigenvalue weighted by atomic mass is 10.2. The third kappa shape index (κ3) is 2.74. The second-order valence-corrected chi connectivity index (χ2v) is 5.44. The van der Waals surface area contributed by atoms with E-state index >= 15 is 0 Å². The van der Waals surface area contributed by atoms with E-state index in [1.807, 2.05) is 13.0 Å². The highest BCUT2D eigenvalue weighted by Gasteiger charge is 2.13. The Bertz CT molecular complexity index is 1110. The molecule has 0 unspecified atom stereocenters. The molecule has 1 aromatic carbocycles. The van der Waals surface area contributed by atoms with Gasteiger partial charge in [-0.15, -0.1) is 0 Å². The average molecular weight is 337 g/mol. The summed E-state index contributed by atoms with van der Waals surface area (Å²) in [6, 6.07) is 8.45. The molecule has 0 fully saturated rings. The number of imidazole rings is 1. The van der Waals surface area contributed by atoms with Gasteiger partial charge < -0.3 is 9.51 Å². The van der Waals surface area contributed by atoms with Gasteiger partial charge in [-0.25, -0.2) is 9.18 Å². The minimum absolute atomic E-state index is 0.169. The molecule has 1 N–H and O–H groups in total. The Morgan fingerprint density at radius 2 is 2.08 bits per heavy atom. The number of hydrogen-bond acceptors (Lipinski definition) is 5. The number of halogens is 1. The van der Waals surface area contributed by atoms with Crippen LogP contribution in [0.25, 0.3) is 28.5 Å². The van der Waals surface area contributed by atoms with Gasteiger partial charge in [0.15, 0.2) is 0 Å². The van der Waals surface area contributed by atoms with Crippen molar-refractivity contribution in [2.45, 2.75) is 6.92 Å². The summed E-state index contributed by atoms with van der Waals surface area (Å²) in [7, 11) is 0. The van der Waals surface area contributed by atoms with Crippen molar-refractivity contribution in [3.63, 3.8) is 0 Å². The number of aromatic amines is 1. The van der Waals surface area contributed by atoms with Crippen LogP contribution < -0.4 is 5.69 Å². The van der Waals surface area contributed by atoms with Crippen LogP contribution in [0, 0.1) is 12.7 Å². The Balaban J connectivity index is 1.74. The molecule has 0 aliphatic carbocycles. The molecule has 0 amide bonds. The van der Waals surface area contributed by atoms with Gasteiger partial charge in [0.2, 0.25) is 5.82 Å². The van der Waals surface area contributed by atoms with E-state index in [9.17, 15) is 9.18 Å². The summed E-state index contributed by atoms with van der Waals surface area (Å²) in [5, 5.41) is 3.93. The summed E-state index contributed by atoms with van der Waals surface area (Å²) in [6.07, 6.45) is 4.18. The highest BCUT2D eigenvalue weighted by atomic mass is 19.1. The van der Waals surface area contributed by atoms with Crippen molar-refractivity contribution in [3.8, 4) is 28.5 Å². The molecule has 0 aliphatic rings. The third-order valence-electron chi connectivity index (χ3n) is 3.70. The van der Waals surface area contributed by atoms with Crippen LogP contribution in [0.5, 0.6) is 0 Å². The molecule has 0 radical (unpaired) electrons. The van der Waals surface area contributed by atoms with Gasteiger partial charge in [-0.1, -0.05) is 17.3 Å². The SMILES string of the molecule is Cc1c[nH]c(=O)n1-c1cccc(-c2noc(-c3cncc(F)c3)n2)c1. The first kappa shape index (κ1) is 15.0. The van der Waals surface area contributed by atoms with E-state index < -0.39 is 5.82 Å². The maximum atomic E-state index is 13.3. The van der Waals surface area contributed by atoms with Crippen molar-refractivity contribution in [2.75, 3.05) is 0 Å². The van der Waals surface area contributed by atoms with Crippen molar-refractivity contribution in [3.05, 3.63) is 70.9 Å². The lowest BCUT2D eigenvalue weighted by molar-refractivity contribution is 0.432. The van der Waals surface area contributed by atoms with Crippen molar-refractivity contribution in [1.82, 2.24) is 24.7 Å². The van der Waals surface area contributed by atoms with Gasteiger partial charge in [0, 0.05) is 23.7 Å². The molecule has 25 heavy (non-hydrogen) atoms. The Hall–Kier alpha value is -3.55. The summed E-state index contributed by atoms with van der Waals surface area (Å²) in [4.78, 5) is 22.6. The average Bonchev–Trinajstić information content (AvgIpc) is 3.22. The van der Waals surface area contributed by atoms with E-state index in [4.69, 9.17) is 4.52 Å². The number of rotatable bonds is 3. The molecule has 4 rings (SSSR count). The molecule has 0 saturated carbocycles. The van der Waals surface area contributed by atoms with Gasteiger partial charge in [0.05, 0.1) is 17.4 Å². The maximum Gasteiger partial charge on any atom is 0.330 e. The number of aromatic nitrogens is 5. The standard InChI is InChI=1S/C17H12FN5O2/c1-10-7-20-17(24)23(10)14-4-2-3-11(6-14)15-21-16(25-22-15)12-5-13(18)9-19-8-12/h2-9H,1H3,(H,20,24). The Labute approximate surface area is 140 Å². The summed E-state index contributed by atoms with van der Waals surface area (Å²) in [6.45, 7) is 1.83. The van der Waals surface area contributed by atoms with Crippen LogP contribution in [0.2, 0.25) is 0 Å². The largest absolute Gasteiger partial charge is 0.334 e. The summed E-state index contributed by atoms with van der Waals surface area (Å²) < 4.78 is 20.0. The fraction of sp³-hybridized carbons (Fsp3) is 0.0588. The van der Waals surface area contributed by atoms with Crippen molar-refractivity contribution >= 4 is 0 Å². The van der Waals surface area contributed by atoms with Gasteiger partial charge in [-0.3, -0.25) is 9.55 Å². The monoisotopic (exact) mass is 337 g/mol. The molecule has 4 aromatic rings. The van der Waals surface area contributed by atoms with Crippen LogP contribution in [-0.4, -0.2) is 24.7 Å². The molecule has 8 heteroatoms. The Kier molecular flexibility index (Phi) is 3.50. The molecule has 0 aliphatic heterocycles. The third-order valence-corrected chi connectivity index (χ3v) is 3.70. The molecule has 0 bridgehead atoms. The van der Waals surface area contributed by atoms with Gasteiger partial charge in [-0.05, 0) is 25.1 Å². The van der Waals surface area contributed by atoms with E-state index in [2.05, 4.69) is 20.1 Å². The van der Waals surface area contributed by atoms with Gasteiger partial charge in [0.1, 0.15) is 5.82 Å². The zero-order valence-electron chi connectivity index (χ0n) is 13.1. The minimum atomic E-state index is -0.485.